The molecule has 1 fully saturated rings. The number of rotatable bonds is 3. The van der Waals surface area contributed by atoms with Crippen molar-refractivity contribution >= 4 is 44.4 Å². The molecule has 0 aliphatic heterocycles. The predicted molar refractivity (Wildman–Crippen MR) is 87.2 cm³/mol. The second-order valence-electron chi connectivity index (χ2n) is 5.22. The van der Waals surface area contributed by atoms with Gasteiger partial charge in [-0.15, -0.1) is 0 Å². The summed E-state index contributed by atoms with van der Waals surface area (Å²) >= 11 is 5.55. The van der Waals surface area contributed by atoms with Crippen molar-refractivity contribution in [3.8, 4) is 0 Å². The Morgan fingerprint density at radius 3 is 2.74 bits per heavy atom. The minimum Gasteiger partial charge on any atom is -0.388 e. The molecule has 1 amide bonds. The van der Waals surface area contributed by atoms with Gasteiger partial charge in [-0.3, -0.25) is 4.79 Å². The average molecular weight is 438 g/mol. The Hall–Kier alpha value is -0.140. The van der Waals surface area contributed by atoms with E-state index in [9.17, 15) is 9.90 Å². The molecule has 104 valence electrons. The quantitative estimate of drug-likeness (QED) is 0.736. The summed E-state index contributed by atoms with van der Waals surface area (Å²) in [5.41, 5.74) is -0.0129. The molecule has 0 heterocycles. The van der Waals surface area contributed by atoms with Crippen LogP contribution in [-0.4, -0.2) is 35.1 Å². The van der Waals surface area contributed by atoms with E-state index in [-0.39, 0.29) is 5.91 Å². The summed E-state index contributed by atoms with van der Waals surface area (Å²) in [6, 6.07) is 5.67. The maximum Gasteiger partial charge on any atom is 0.254 e. The summed E-state index contributed by atoms with van der Waals surface area (Å²) in [4.78, 5) is 14.1. The van der Waals surface area contributed by atoms with Crippen molar-refractivity contribution in [1.29, 1.82) is 0 Å². The fourth-order valence-corrected chi connectivity index (χ4v) is 3.50. The number of nitrogens with zero attached hydrogens (tertiary/aromatic N) is 1. The van der Waals surface area contributed by atoms with Gasteiger partial charge in [-0.2, -0.15) is 0 Å². The van der Waals surface area contributed by atoms with Crippen molar-refractivity contribution in [2.45, 2.75) is 31.3 Å². The van der Waals surface area contributed by atoms with Crippen LogP contribution in [0.25, 0.3) is 0 Å². The summed E-state index contributed by atoms with van der Waals surface area (Å²) in [6.45, 7) is 0.411. The van der Waals surface area contributed by atoms with Gasteiger partial charge in [0.05, 0.1) is 11.2 Å². The number of benzene rings is 1. The van der Waals surface area contributed by atoms with Crippen LogP contribution < -0.4 is 0 Å². The Bertz CT molecular complexity index is 486. The van der Waals surface area contributed by atoms with Crippen LogP contribution in [0, 0.1) is 3.57 Å². The van der Waals surface area contributed by atoms with E-state index in [4.69, 9.17) is 0 Å². The minimum absolute atomic E-state index is 0.0361. The van der Waals surface area contributed by atoms with Gasteiger partial charge in [0.15, 0.2) is 0 Å². The SMILES string of the molecule is CN(CC1(O)CCCC1)C(=O)c1cc(Br)ccc1I. The largest absolute Gasteiger partial charge is 0.388 e. The Morgan fingerprint density at radius 2 is 2.11 bits per heavy atom. The first-order valence-electron chi connectivity index (χ1n) is 6.34. The van der Waals surface area contributed by atoms with Crippen molar-refractivity contribution in [3.63, 3.8) is 0 Å². The first-order chi connectivity index (χ1) is 8.91. The first-order valence-corrected chi connectivity index (χ1v) is 8.21. The van der Waals surface area contributed by atoms with Gasteiger partial charge in [-0.1, -0.05) is 28.8 Å². The van der Waals surface area contributed by atoms with Gasteiger partial charge in [0.2, 0.25) is 0 Å². The fraction of sp³-hybridized carbons (Fsp3) is 0.500. The van der Waals surface area contributed by atoms with E-state index in [1.807, 2.05) is 18.2 Å². The van der Waals surface area contributed by atoms with Crippen LogP contribution in [0.3, 0.4) is 0 Å². The Labute approximate surface area is 135 Å². The van der Waals surface area contributed by atoms with Crippen molar-refractivity contribution < 1.29 is 9.90 Å². The highest BCUT2D eigenvalue weighted by molar-refractivity contribution is 14.1. The second kappa shape index (κ2) is 6.10. The Balaban J connectivity index is 2.12. The Kier molecular flexibility index (Phi) is 4.89. The lowest BCUT2D eigenvalue weighted by atomic mass is 10.0. The highest BCUT2D eigenvalue weighted by Crippen LogP contribution is 2.30. The molecular formula is C14H17BrINO2. The highest BCUT2D eigenvalue weighted by atomic mass is 127. The molecule has 1 saturated carbocycles. The van der Waals surface area contributed by atoms with Crippen LogP contribution in [0.4, 0.5) is 0 Å². The van der Waals surface area contributed by atoms with Crippen molar-refractivity contribution in [2.75, 3.05) is 13.6 Å². The zero-order valence-electron chi connectivity index (χ0n) is 10.8. The molecule has 3 nitrogen and oxygen atoms in total. The third-order valence-electron chi connectivity index (χ3n) is 3.57. The molecule has 1 N–H and O–H groups in total. The van der Waals surface area contributed by atoms with Crippen LogP contribution in [0.15, 0.2) is 22.7 Å². The van der Waals surface area contributed by atoms with Crippen LogP contribution >= 0.6 is 38.5 Å². The Morgan fingerprint density at radius 1 is 1.47 bits per heavy atom. The van der Waals surface area contributed by atoms with Gasteiger partial charge in [-0.25, -0.2) is 0 Å². The number of amides is 1. The number of hydrogen-bond donors (Lipinski definition) is 1. The van der Waals surface area contributed by atoms with E-state index in [0.29, 0.717) is 12.1 Å². The topological polar surface area (TPSA) is 40.5 Å². The first kappa shape index (κ1) is 15.3. The number of carbonyl (C=O) groups is 1. The second-order valence-corrected chi connectivity index (χ2v) is 7.29. The molecule has 0 atom stereocenters. The third-order valence-corrected chi connectivity index (χ3v) is 5.01. The average Bonchev–Trinajstić information content (AvgIpc) is 2.78. The van der Waals surface area contributed by atoms with Crippen molar-refractivity contribution in [3.05, 3.63) is 31.8 Å². The van der Waals surface area contributed by atoms with Crippen LogP contribution in [0.5, 0.6) is 0 Å². The molecule has 0 radical (unpaired) electrons. The number of likely N-dealkylation sites (N-methyl/N-ethyl adjacent to an activating group) is 1. The maximum atomic E-state index is 12.4. The van der Waals surface area contributed by atoms with Gasteiger partial charge in [0.25, 0.3) is 5.91 Å². The molecule has 1 aromatic rings. The lowest BCUT2D eigenvalue weighted by Gasteiger charge is -2.29. The van der Waals surface area contributed by atoms with Gasteiger partial charge in [0.1, 0.15) is 0 Å². The number of halogens is 2. The van der Waals surface area contributed by atoms with Gasteiger partial charge >= 0.3 is 0 Å². The summed E-state index contributed by atoms with van der Waals surface area (Å²) in [7, 11) is 1.76. The van der Waals surface area contributed by atoms with Crippen LogP contribution in [-0.2, 0) is 0 Å². The molecule has 0 unspecified atom stereocenters. The van der Waals surface area contributed by atoms with E-state index in [1.54, 1.807) is 11.9 Å². The normalized spacial score (nSPS) is 17.5. The standard InChI is InChI=1S/C14H17BrINO2/c1-17(9-14(19)6-2-3-7-14)13(18)11-8-10(15)4-5-12(11)16/h4-5,8,19H,2-3,6-7,9H2,1H3. The molecule has 1 aliphatic carbocycles. The molecule has 0 aromatic heterocycles. The molecule has 1 aromatic carbocycles. The lowest BCUT2D eigenvalue weighted by molar-refractivity contribution is 0.0156. The zero-order chi connectivity index (χ0) is 14.0. The van der Waals surface area contributed by atoms with Gasteiger partial charge in [-0.05, 0) is 53.6 Å². The van der Waals surface area contributed by atoms with Crippen LogP contribution in [0.2, 0.25) is 0 Å². The van der Waals surface area contributed by atoms with Crippen LogP contribution in [0.1, 0.15) is 36.0 Å². The molecule has 0 spiro atoms. The molecule has 0 bridgehead atoms. The smallest absolute Gasteiger partial charge is 0.254 e. The number of aliphatic hydroxyl groups is 1. The summed E-state index contributed by atoms with van der Waals surface area (Å²) in [5, 5.41) is 10.4. The predicted octanol–water partition coefficient (Wildman–Crippen LogP) is 3.43. The summed E-state index contributed by atoms with van der Waals surface area (Å²) in [5.74, 6) is -0.0361. The van der Waals surface area contributed by atoms with E-state index in [0.717, 1.165) is 33.7 Å². The minimum atomic E-state index is -0.693. The van der Waals surface area contributed by atoms with Gasteiger partial charge < -0.3 is 10.0 Å². The van der Waals surface area contributed by atoms with E-state index < -0.39 is 5.60 Å². The third kappa shape index (κ3) is 3.70. The van der Waals surface area contributed by atoms with Crippen molar-refractivity contribution in [1.82, 2.24) is 4.90 Å². The summed E-state index contributed by atoms with van der Waals surface area (Å²) < 4.78 is 1.82. The number of carbonyl (C=O) groups excluding carboxylic acids is 1. The molecule has 19 heavy (non-hydrogen) atoms. The van der Waals surface area contributed by atoms with Gasteiger partial charge in [0, 0.05) is 21.6 Å². The number of hydrogen-bond acceptors (Lipinski definition) is 2. The van der Waals surface area contributed by atoms with Crippen molar-refractivity contribution in [2.24, 2.45) is 0 Å². The van der Waals surface area contributed by atoms with E-state index in [1.165, 1.54) is 0 Å². The molecule has 1 aliphatic rings. The fourth-order valence-electron chi connectivity index (χ4n) is 2.57. The summed E-state index contributed by atoms with van der Waals surface area (Å²) in [6.07, 6.45) is 3.68. The molecular weight excluding hydrogens is 421 g/mol. The lowest BCUT2D eigenvalue weighted by Crippen LogP contribution is -2.42. The molecule has 2 rings (SSSR count). The highest BCUT2D eigenvalue weighted by Gasteiger charge is 2.33. The molecule has 5 heteroatoms. The zero-order valence-corrected chi connectivity index (χ0v) is 14.6. The monoisotopic (exact) mass is 437 g/mol. The maximum absolute atomic E-state index is 12.4. The molecule has 0 saturated heterocycles. The van der Waals surface area contributed by atoms with E-state index >= 15 is 0 Å². The van der Waals surface area contributed by atoms with E-state index in [2.05, 4.69) is 38.5 Å².